The molecule has 0 bridgehead atoms. The number of hydrogen-bond acceptors (Lipinski definition) is 4. The van der Waals surface area contributed by atoms with Crippen molar-refractivity contribution in [1.29, 1.82) is 0 Å². The van der Waals surface area contributed by atoms with Crippen LogP contribution in [0, 0.1) is 0 Å². The maximum Gasteiger partial charge on any atom is 0.265 e. The third-order valence-electron chi connectivity index (χ3n) is 3.91. The second kappa shape index (κ2) is 6.78. The van der Waals surface area contributed by atoms with Crippen molar-refractivity contribution in [2.24, 2.45) is 0 Å². The summed E-state index contributed by atoms with van der Waals surface area (Å²) in [5.41, 5.74) is 3.89. The first kappa shape index (κ1) is 15.4. The average molecular weight is 348 g/mol. The molecule has 1 amide bonds. The molecule has 0 aliphatic carbocycles. The minimum atomic E-state index is -0.0885. The molecule has 0 aliphatic rings. The predicted octanol–water partition coefficient (Wildman–Crippen LogP) is 4.49. The minimum absolute atomic E-state index is 0.0885. The van der Waals surface area contributed by atoms with Crippen LogP contribution in [0.1, 0.15) is 15.2 Å². The van der Waals surface area contributed by atoms with Gasteiger partial charge in [-0.15, -0.1) is 11.3 Å². The molecule has 4 rings (SSSR count). The van der Waals surface area contributed by atoms with Crippen LogP contribution in [0.2, 0.25) is 0 Å². The van der Waals surface area contributed by atoms with Gasteiger partial charge >= 0.3 is 0 Å². The van der Waals surface area contributed by atoms with E-state index in [1.165, 1.54) is 11.3 Å². The molecule has 0 saturated carbocycles. The zero-order valence-corrected chi connectivity index (χ0v) is 14.1. The maximum absolute atomic E-state index is 12.2. The Labute approximate surface area is 148 Å². The minimum Gasteiger partial charge on any atom is -0.381 e. The smallest absolute Gasteiger partial charge is 0.265 e. The topological polar surface area (TPSA) is 69.8 Å². The fraction of sp³-hybridized carbons (Fsp3) is 0.0526. The standard InChI is InChI=1S/C19H16N4OS/c24-19(17-8-3-9-25-17)22-16-7-2-6-15(10-16)20-11-13-4-1-5-14-12-21-23-18(13)14/h1-10,12,20H,11H2,(H,21,23)(H,22,24). The van der Waals surface area contributed by atoms with E-state index in [9.17, 15) is 4.79 Å². The number of nitrogens with one attached hydrogen (secondary N) is 3. The Hall–Kier alpha value is -3.12. The van der Waals surface area contributed by atoms with Gasteiger partial charge in [0.05, 0.1) is 16.6 Å². The predicted molar refractivity (Wildman–Crippen MR) is 102 cm³/mol. The number of carbonyl (C=O) groups excluding carboxylic acids is 1. The number of fused-ring (bicyclic) bond motifs is 1. The van der Waals surface area contributed by atoms with E-state index in [2.05, 4.69) is 26.9 Å². The third-order valence-corrected chi connectivity index (χ3v) is 4.78. The Bertz CT molecular complexity index is 1010. The number of anilines is 2. The largest absolute Gasteiger partial charge is 0.381 e. The number of hydrogen-bond donors (Lipinski definition) is 3. The zero-order valence-electron chi connectivity index (χ0n) is 13.3. The lowest BCUT2D eigenvalue weighted by Gasteiger charge is -2.10. The molecule has 4 aromatic rings. The summed E-state index contributed by atoms with van der Waals surface area (Å²) in [4.78, 5) is 12.8. The summed E-state index contributed by atoms with van der Waals surface area (Å²) in [5.74, 6) is -0.0885. The first-order valence-electron chi connectivity index (χ1n) is 7.89. The molecule has 0 atom stereocenters. The summed E-state index contributed by atoms with van der Waals surface area (Å²) >= 11 is 1.43. The molecule has 2 heterocycles. The molecule has 25 heavy (non-hydrogen) atoms. The van der Waals surface area contributed by atoms with Crippen LogP contribution in [0.5, 0.6) is 0 Å². The highest BCUT2D eigenvalue weighted by Gasteiger charge is 2.07. The summed E-state index contributed by atoms with van der Waals surface area (Å²) in [5, 5.41) is 16.4. The monoisotopic (exact) mass is 348 g/mol. The number of rotatable bonds is 5. The van der Waals surface area contributed by atoms with Gasteiger partial charge in [0.15, 0.2) is 0 Å². The highest BCUT2D eigenvalue weighted by Crippen LogP contribution is 2.20. The van der Waals surface area contributed by atoms with Crippen LogP contribution in [-0.2, 0) is 6.54 Å². The van der Waals surface area contributed by atoms with Crippen molar-refractivity contribution in [2.75, 3.05) is 10.6 Å². The summed E-state index contributed by atoms with van der Waals surface area (Å²) in [6, 6.07) is 17.5. The van der Waals surface area contributed by atoms with Crippen LogP contribution in [0.4, 0.5) is 11.4 Å². The van der Waals surface area contributed by atoms with Gasteiger partial charge in [-0.05, 0) is 35.2 Å². The number of amides is 1. The van der Waals surface area contributed by atoms with Crippen LogP contribution in [0.25, 0.3) is 10.9 Å². The first-order chi connectivity index (χ1) is 12.3. The fourth-order valence-electron chi connectivity index (χ4n) is 2.68. The number of aromatic nitrogens is 2. The summed E-state index contributed by atoms with van der Waals surface area (Å²) in [7, 11) is 0. The third kappa shape index (κ3) is 3.39. The number of H-pyrrole nitrogens is 1. The second-order valence-electron chi connectivity index (χ2n) is 5.62. The molecule has 0 unspecified atom stereocenters. The van der Waals surface area contributed by atoms with Crippen molar-refractivity contribution in [3.63, 3.8) is 0 Å². The summed E-state index contributed by atoms with van der Waals surface area (Å²) in [6.07, 6.45) is 1.82. The molecule has 2 aromatic carbocycles. The molecular weight excluding hydrogens is 332 g/mol. The van der Waals surface area contributed by atoms with Crippen molar-refractivity contribution in [1.82, 2.24) is 10.2 Å². The van der Waals surface area contributed by atoms with Crippen molar-refractivity contribution < 1.29 is 4.79 Å². The lowest BCUT2D eigenvalue weighted by atomic mass is 10.1. The van der Waals surface area contributed by atoms with E-state index < -0.39 is 0 Å². The number of thiophene rings is 1. The van der Waals surface area contributed by atoms with Gasteiger partial charge < -0.3 is 10.6 Å². The van der Waals surface area contributed by atoms with E-state index in [4.69, 9.17) is 0 Å². The van der Waals surface area contributed by atoms with E-state index in [1.54, 1.807) is 0 Å². The Morgan fingerprint density at radius 2 is 1.96 bits per heavy atom. The molecule has 0 saturated heterocycles. The zero-order chi connectivity index (χ0) is 17.1. The van der Waals surface area contributed by atoms with Crippen LogP contribution >= 0.6 is 11.3 Å². The average Bonchev–Trinajstić information content (AvgIpc) is 3.31. The highest BCUT2D eigenvalue weighted by molar-refractivity contribution is 7.12. The molecule has 0 fully saturated rings. The lowest BCUT2D eigenvalue weighted by molar-refractivity contribution is 0.103. The van der Waals surface area contributed by atoms with Crippen LogP contribution in [0.15, 0.2) is 66.2 Å². The number of carbonyl (C=O) groups is 1. The van der Waals surface area contributed by atoms with Gasteiger partial charge in [0.1, 0.15) is 0 Å². The van der Waals surface area contributed by atoms with Gasteiger partial charge in [-0.25, -0.2) is 0 Å². The number of nitrogens with zero attached hydrogens (tertiary/aromatic N) is 1. The van der Waals surface area contributed by atoms with Gasteiger partial charge in [-0.2, -0.15) is 5.10 Å². The molecule has 2 aromatic heterocycles. The molecule has 0 radical (unpaired) electrons. The van der Waals surface area contributed by atoms with E-state index in [0.29, 0.717) is 11.4 Å². The van der Waals surface area contributed by atoms with Crippen LogP contribution < -0.4 is 10.6 Å². The first-order valence-corrected chi connectivity index (χ1v) is 8.77. The van der Waals surface area contributed by atoms with E-state index in [0.717, 1.165) is 27.8 Å². The van der Waals surface area contributed by atoms with Crippen molar-refractivity contribution >= 4 is 39.5 Å². The lowest BCUT2D eigenvalue weighted by Crippen LogP contribution is -2.10. The van der Waals surface area contributed by atoms with Crippen molar-refractivity contribution in [3.05, 3.63) is 76.6 Å². The van der Waals surface area contributed by atoms with Gasteiger partial charge in [0.25, 0.3) is 5.91 Å². The summed E-state index contributed by atoms with van der Waals surface area (Å²) < 4.78 is 0. The maximum atomic E-state index is 12.2. The van der Waals surface area contributed by atoms with Crippen molar-refractivity contribution in [2.45, 2.75) is 6.54 Å². The number of para-hydroxylation sites is 1. The van der Waals surface area contributed by atoms with Crippen LogP contribution in [-0.4, -0.2) is 16.1 Å². The molecule has 124 valence electrons. The van der Waals surface area contributed by atoms with E-state index in [-0.39, 0.29) is 5.91 Å². The van der Waals surface area contributed by atoms with E-state index in [1.807, 2.05) is 60.1 Å². The van der Waals surface area contributed by atoms with Gasteiger partial charge in [0.2, 0.25) is 0 Å². The normalized spacial score (nSPS) is 10.7. The molecule has 5 nitrogen and oxygen atoms in total. The summed E-state index contributed by atoms with van der Waals surface area (Å²) in [6.45, 7) is 0.669. The van der Waals surface area contributed by atoms with E-state index >= 15 is 0 Å². The molecule has 3 N–H and O–H groups in total. The molecule has 0 spiro atoms. The number of benzene rings is 2. The van der Waals surface area contributed by atoms with Gasteiger partial charge in [-0.3, -0.25) is 9.89 Å². The Morgan fingerprint density at radius 1 is 1.08 bits per heavy atom. The Morgan fingerprint density at radius 3 is 2.84 bits per heavy atom. The second-order valence-corrected chi connectivity index (χ2v) is 6.56. The fourth-order valence-corrected chi connectivity index (χ4v) is 3.30. The van der Waals surface area contributed by atoms with Gasteiger partial charge in [0, 0.05) is 23.3 Å². The quantitative estimate of drug-likeness (QED) is 0.498. The van der Waals surface area contributed by atoms with Crippen molar-refractivity contribution in [3.8, 4) is 0 Å². The molecule has 6 heteroatoms. The van der Waals surface area contributed by atoms with Gasteiger partial charge in [-0.1, -0.05) is 30.3 Å². The SMILES string of the molecule is O=C(Nc1cccc(NCc2cccc3cn[nH]c23)c1)c1cccs1. The highest BCUT2D eigenvalue weighted by atomic mass is 32.1. The Balaban J connectivity index is 1.46. The molecule has 0 aliphatic heterocycles. The molecular formula is C19H16N4OS. The number of aromatic amines is 1. The van der Waals surface area contributed by atoms with Crippen LogP contribution in [0.3, 0.4) is 0 Å². The Kier molecular flexibility index (Phi) is 4.18.